The number of rotatable bonds is 7. The summed E-state index contributed by atoms with van der Waals surface area (Å²) < 4.78 is 10.8. The minimum Gasteiger partial charge on any atom is -0.443 e. The van der Waals surface area contributed by atoms with Gasteiger partial charge in [0.2, 0.25) is 0 Å². The number of amides is 1. The number of aromatic nitrogens is 2. The molecule has 2 heterocycles. The fourth-order valence-electron chi connectivity index (χ4n) is 3.92. The van der Waals surface area contributed by atoms with Gasteiger partial charge in [-0.3, -0.25) is 4.79 Å². The van der Waals surface area contributed by atoms with E-state index >= 15 is 0 Å². The van der Waals surface area contributed by atoms with Crippen LogP contribution < -0.4 is 16.0 Å². The predicted molar refractivity (Wildman–Crippen MR) is 121 cm³/mol. The number of pyridine rings is 1. The lowest BCUT2D eigenvalue weighted by molar-refractivity contribution is 0.0599. The van der Waals surface area contributed by atoms with Crippen LogP contribution in [0.2, 0.25) is 0 Å². The summed E-state index contributed by atoms with van der Waals surface area (Å²) in [5.41, 5.74) is 3.62. The normalized spacial score (nSPS) is 18.8. The molecule has 0 saturated heterocycles. The number of fused-ring (bicyclic) bond motifs is 1. The Morgan fingerprint density at radius 2 is 1.97 bits per heavy atom. The standard InChI is InChI=1S/C23H29N5O3/c1-14(2)26-20-11-22(27-16-6-9-19-21(10-16)31-13-25-19)24-12-18(20)23(29)28-15-4-7-17(30-3)8-5-15/h6,9-15,17H,4-5,7-8H2,1-3H3,(H,28,29)(H2,24,26,27)/t15-,17-. The number of carbonyl (C=O) groups excluding carboxylic acids is 1. The van der Waals surface area contributed by atoms with Gasteiger partial charge in [-0.25, -0.2) is 9.97 Å². The first-order valence-electron chi connectivity index (χ1n) is 10.7. The predicted octanol–water partition coefficient (Wildman–Crippen LogP) is 4.47. The van der Waals surface area contributed by atoms with E-state index in [1.807, 2.05) is 38.1 Å². The summed E-state index contributed by atoms with van der Waals surface area (Å²) in [6.45, 7) is 4.08. The molecule has 0 atom stereocenters. The molecule has 3 N–H and O–H groups in total. The van der Waals surface area contributed by atoms with Gasteiger partial charge in [-0.15, -0.1) is 0 Å². The second-order valence-electron chi connectivity index (χ2n) is 8.26. The van der Waals surface area contributed by atoms with Crippen molar-refractivity contribution in [2.24, 2.45) is 0 Å². The maximum absolute atomic E-state index is 13.0. The SMILES string of the molecule is CO[C@H]1CC[C@H](NC(=O)c2cnc(Nc3ccc4ncoc4c3)cc2NC(C)C)CC1. The average Bonchev–Trinajstić information content (AvgIpc) is 3.22. The Balaban J connectivity index is 1.50. The number of carbonyl (C=O) groups is 1. The minimum absolute atomic E-state index is 0.105. The van der Waals surface area contributed by atoms with Crippen molar-refractivity contribution in [2.45, 2.75) is 57.7 Å². The van der Waals surface area contributed by atoms with Crippen LogP contribution in [-0.4, -0.2) is 41.2 Å². The molecule has 8 heteroatoms. The summed E-state index contributed by atoms with van der Waals surface area (Å²) in [5.74, 6) is 0.533. The lowest BCUT2D eigenvalue weighted by atomic mass is 9.93. The first kappa shape index (κ1) is 21.1. The van der Waals surface area contributed by atoms with Gasteiger partial charge in [-0.2, -0.15) is 0 Å². The Kier molecular flexibility index (Phi) is 6.36. The number of anilines is 3. The highest BCUT2D eigenvalue weighted by Gasteiger charge is 2.24. The van der Waals surface area contributed by atoms with Gasteiger partial charge in [-0.05, 0) is 51.7 Å². The third kappa shape index (κ3) is 5.14. The molecule has 8 nitrogen and oxygen atoms in total. The Morgan fingerprint density at radius 3 is 2.71 bits per heavy atom. The van der Waals surface area contributed by atoms with Crippen LogP contribution in [-0.2, 0) is 4.74 Å². The molecule has 1 aliphatic carbocycles. The highest BCUT2D eigenvalue weighted by molar-refractivity contribution is 6.00. The molecule has 1 fully saturated rings. The van der Waals surface area contributed by atoms with E-state index in [1.54, 1.807) is 13.3 Å². The Labute approximate surface area is 181 Å². The third-order valence-corrected chi connectivity index (χ3v) is 5.54. The van der Waals surface area contributed by atoms with Crippen molar-refractivity contribution < 1.29 is 13.9 Å². The maximum Gasteiger partial charge on any atom is 0.255 e. The molecule has 0 unspecified atom stereocenters. The van der Waals surface area contributed by atoms with Gasteiger partial charge in [0.15, 0.2) is 12.0 Å². The van der Waals surface area contributed by atoms with Crippen LogP contribution in [0, 0.1) is 0 Å². The van der Waals surface area contributed by atoms with E-state index in [0.717, 1.165) is 42.6 Å². The van der Waals surface area contributed by atoms with E-state index in [-0.39, 0.29) is 18.0 Å². The molecule has 164 valence electrons. The van der Waals surface area contributed by atoms with Gasteiger partial charge in [0.1, 0.15) is 11.3 Å². The van der Waals surface area contributed by atoms with E-state index in [1.165, 1.54) is 6.39 Å². The molecule has 1 amide bonds. The van der Waals surface area contributed by atoms with Gasteiger partial charge in [0.05, 0.1) is 17.4 Å². The van der Waals surface area contributed by atoms with Crippen molar-refractivity contribution in [3.8, 4) is 0 Å². The molecule has 3 aromatic rings. The Hall–Kier alpha value is -3.13. The van der Waals surface area contributed by atoms with Crippen molar-refractivity contribution in [1.29, 1.82) is 0 Å². The maximum atomic E-state index is 13.0. The number of hydrogen-bond acceptors (Lipinski definition) is 7. The summed E-state index contributed by atoms with van der Waals surface area (Å²) in [4.78, 5) is 21.6. The van der Waals surface area contributed by atoms with Gasteiger partial charge < -0.3 is 25.1 Å². The molecule has 1 saturated carbocycles. The molecular weight excluding hydrogens is 394 g/mol. The summed E-state index contributed by atoms with van der Waals surface area (Å²) in [6, 6.07) is 7.87. The molecule has 1 aliphatic rings. The van der Waals surface area contributed by atoms with Crippen molar-refractivity contribution in [1.82, 2.24) is 15.3 Å². The van der Waals surface area contributed by atoms with E-state index in [2.05, 4.69) is 25.9 Å². The zero-order valence-corrected chi connectivity index (χ0v) is 18.1. The molecule has 0 radical (unpaired) electrons. The van der Waals surface area contributed by atoms with Crippen LogP contribution in [0.25, 0.3) is 11.1 Å². The summed E-state index contributed by atoms with van der Waals surface area (Å²) in [6.07, 6.45) is 7.13. The van der Waals surface area contributed by atoms with Gasteiger partial charge in [0, 0.05) is 43.2 Å². The van der Waals surface area contributed by atoms with Crippen molar-refractivity contribution >= 4 is 34.2 Å². The second-order valence-corrected chi connectivity index (χ2v) is 8.26. The van der Waals surface area contributed by atoms with Crippen molar-refractivity contribution in [2.75, 3.05) is 17.7 Å². The zero-order valence-electron chi connectivity index (χ0n) is 18.1. The lowest BCUT2D eigenvalue weighted by Gasteiger charge is -2.28. The van der Waals surface area contributed by atoms with Crippen LogP contribution in [0.3, 0.4) is 0 Å². The monoisotopic (exact) mass is 423 g/mol. The summed E-state index contributed by atoms with van der Waals surface area (Å²) in [5, 5.41) is 9.81. The quantitative estimate of drug-likeness (QED) is 0.515. The molecule has 31 heavy (non-hydrogen) atoms. The highest BCUT2D eigenvalue weighted by atomic mass is 16.5. The van der Waals surface area contributed by atoms with E-state index in [9.17, 15) is 4.79 Å². The van der Waals surface area contributed by atoms with Crippen molar-refractivity contribution in [3.05, 3.63) is 42.4 Å². The first-order chi connectivity index (χ1) is 15.0. The molecule has 4 rings (SSSR count). The van der Waals surface area contributed by atoms with Crippen LogP contribution >= 0.6 is 0 Å². The number of nitrogens with one attached hydrogen (secondary N) is 3. The number of nitrogens with zero attached hydrogens (tertiary/aromatic N) is 2. The average molecular weight is 424 g/mol. The van der Waals surface area contributed by atoms with E-state index in [4.69, 9.17) is 9.15 Å². The Morgan fingerprint density at radius 1 is 1.16 bits per heavy atom. The van der Waals surface area contributed by atoms with Crippen LogP contribution in [0.15, 0.2) is 41.3 Å². The topological polar surface area (TPSA) is 101 Å². The Bertz CT molecular complexity index is 1040. The molecule has 2 aromatic heterocycles. The van der Waals surface area contributed by atoms with E-state index < -0.39 is 0 Å². The number of hydrogen-bond donors (Lipinski definition) is 3. The van der Waals surface area contributed by atoms with E-state index in [0.29, 0.717) is 23.1 Å². The third-order valence-electron chi connectivity index (χ3n) is 5.54. The fourth-order valence-corrected chi connectivity index (χ4v) is 3.92. The number of oxazole rings is 1. The van der Waals surface area contributed by atoms with Gasteiger partial charge in [-0.1, -0.05) is 0 Å². The second kappa shape index (κ2) is 9.34. The first-order valence-corrected chi connectivity index (χ1v) is 10.7. The smallest absolute Gasteiger partial charge is 0.255 e. The number of benzene rings is 1. The van der Waals surface area contributed by atoms with Crippen LogP contribution in [0.5, 0.6) is 0 Å². The summed E-state index contributed by atoms with van der Waals surface area (Å²) >= 11 is 0. The fraction of sp³-hybridized carbons (Fsp3) is 0.435. The highest BCUT2D eigenvalue weighted by Crippen LogP contribution is 2.26. The number of ether oxygens (including phenoxy) is 1. The van der Waals surface area contributed by atoms with Crippen LogP contribution in [0.4, 0.5) is 17.2 Å². The molecule has 0 bridgehead atoms. The molecule has 0 aliphatic heterocycles. The summed E-state index contributed by atoms with van der Waals surface area (Å²) in [7, 11) is 1.75. The molecule has 0 spiro atoms. The van der Waals surface area contributed by atoms with Gasteiger partial charge >= 0.3 is 0 Å². The molecule has 1 aromatic carbocycles. The lowest BCUT2D eigenvalue weighted by Crippen LogP contribution is -2.39. The number of methoxy groups -OCH3 is 1. The largest absolute Gasteiger partial charge is 0.443 e. The van der Waals surface area contributed by atoms with Crippen LogP contribution in [0.1, 0.15) is 49.9 Å². The molecular formula is C23H29N5O3. The minimum atomic E-state index is -0.105. The van der Waals surface area contributed by atoms with Crippen molar-refractivity contribution in [3.63, 3.8) is 0 Å². The van der Waals surface area contributed by atoms with Gasteiger partial charge in [0.25, 0.3) is 5.91 Å². The zero-order chi connectivity index (χ0) is 21.8.